The lowest BCUT2D eigenvalue weighted by molar-refractivity contribution is 0.0734. The topological polar surface area (TPSA) is 35.5 Å². The summed E-state index contributed by atoms with van der Waals surface area (Å²) in [5, 5.41) is 0. The Morgan fingerprint density at radius 2 is 1.85 bits per heavy atom. The molecule has 0 aromatic heterocycles. The van der Waals surface area contributed by atoms with Gasteiger partial charge < -0.3 is 9.16 Å². The second-order valence-electron chi connectivity index (χ2n) is 3.41. The molecule has 0 aromatic carbocycles. The Kier molecular flexibility index (Phi) is 6.67. The molecule has 0 saturated heterocycles. The molecule has 0 aromatic rings. The first-order valence-electron chi connectivity index (χ1n) is 4.93. The molecule has 78 valence electrons. The van der Waals surface area contributed by atoms with E-state index in [1.165, 1.54) is 0 Å². The molecule has 0 aliphatic rings. The maximum absolute atomic E-state index is 11.0. The molecule has 0 radical (unpaired) electrons. The summed E-state index contributed by atoms with van der Waals surface area (Å²) in [4.78, 5) is 11.0. The lowest BCUT2D eigenvalue weighted by Gasteiger charge is -2.13. The van der Waals surface area contributed by atoms with Crippen LogP contribution in [0.5, 0.6) is 0 Å². The van der Waals surface area contributed by atoms with Crippen LogP contribution in [-0.2, 0) is 9.16 Å². The van der Waals surface area contributed by atoms with Crippen molar-refractivity contribution < 1.29 is 14.0 Å². The third-order valence-electron chi connectivity index (χ3n) is 1.92. The fraction of sp³-hybridized carbons (Fsp3) is 0.889. The standard InChI is InChI=1S/C9H20O3Si/c1-5-8(6-2)13-12-9(10)11-7(3)4/h7-8H,5-6,13H2,1-4H3. The van der Waals surface area contributed by atoms with Gasteiger partial charge in [-0.05, 0) is 19.4 Å². The molecule has 13 heavy (non-hydrogen) atoms. The highest BCUT2D eigenvalue weighted by Crippen LogP contribution is 2.13. The number of carbonyl (C=O) groups excluding carboxylic acids is 1. The number of rotatable bonds is 5. The Morgan fingerprint density at radius 3 is 2.23 bits per heavy atom. The van der Waals surface area contributed by atoms with Gasteiger partial charge in [0.05, 0.1) is 6.10 Å². The first kappa shape index (κ1) is 12.5. The van der Waals surface area contributed by atoms with Crippen LogP contribution in [-0.4, -0.2) is 22.0 Å². The molecule has 0 bridgehead atoms. The van der Waals surface area contributed by atoms with Crippen molar-refractivity contribution in [3.63, 3.8) is 0 Å². The van der Waals surface area contributed by atoms with Crippen molar-refractivity contribution in [2.24, 2.45) is 0 Å². The molecule has 0 saturated carbocycles. The van der Waals surface area contributed by atoms with Crippen LogP contribution in [0.1, 0.15) is 40.5 Å². The summed E-state index contributed by atoms with van der Waals surface area (Å²) in [6.07, 6.45) is 1.62. The molecule has 0 aliphatic heterocycles. The van der Waals surface area contributed by atoms with E-state index in [9.17, 15) is 4.79 Å². The van der Waals surface area contributed by atoms with E-state index < -0.39 is 15.9 Å². The normalized spacial score (nSPS) is 11.5. The van der Waals surface area contributed by atoms with Crippen molar-refractivity contribution >= 4 is 15.9 Å². The molecule has 0 heterocycles. The van der Waals surface area contributed by atoms with Crippen molar-refractivity contribution in [1.29, 1.82) is 0 Å². The van der Waals surface area contributed by atoms with Crippen LogP contribution in [0.4, 0.5) is 4.79 Å². The Morgan fingerprint density at radius 1 is 1.31 bits per heavy atom. The van der Waals surface area contributed by atoms with E-state index in [0.717, 1.165) is 12.8 Å². The quantitative estimate of drug-likeness (QED) is 0.509. The predicted molar refractivity (Wildman–Crippen MR) is 55.6 cm³/mol. The zero-order valence-corrected chi connectivity index (χ0v) is 10.4. The Labute approximate surface area is 82.7 Å². The zero-order valence-electron chi connectivity index (χ0n) is 9.00. The molecule has 0 rings (SSSR count). The first-order valence-corrected chi connectivity index (χ1v) is 6.32. The van der Waals surface area contributed by atoms with E-state index in [2.05, 4.69) is 13.8 Å². The number of hydrogen-bond acceptors (Lipinski definition) is 3. The van der Waals surface area contributed by atoms with E-state index in [1.54, 1.807) is 0 Å². The Hall–Kier alpha value is -0.513. The third kappa shape index (κ3) is 6.63. The van der Waals surface area contributed by atoms with Crippen LogP contribution in [0.2, 0.25) is 5.54 Å². The summed E-state index contributed by atoms with van der Waals surface area (Å²) in [7, 11) is -0.740. The highest BCUT2D eigenvalue weighted by Gasteiger charge is 2.10. The average Bonchev–Trinajstić information content (AvgIpc) is 2.05. The molecular weight excluding hydrogens is 184 g/mol. The highest BCUT2D eigenvalue weighted by atomic mass is 28.2. The van der Waals surface area contributed by atoms with Gasteiger partial charge in [0.1, 0.15) is 0 Å². The van der Waals surface area contributed by atoms with Gasteiger partial charge in [-0.3, -0.25) is 0 Å². The number of carbonyl (C=O) groups is 1. The van der Waals surface area contributed by atoms with Crippen molar-refractivity contribution in [2.75, 3.05) is 0 Å². The number of hydrogen-bond donors (Lipinski definition) is 0. The van der Waals surface area contributed by atoms with E-state index in [4.69, 9.17) is 9.16 Å². The summed E-state index contributed by atoms with van der Waals surface area (Å²) >= 11 is 0. The van der Waals surface area contributed by atoms with E-state index in [0.29, 0.717) is 5.54 Å². The SMILES string of the molecule is CCC(CC)[SiH2]OC(=O)OC(C)C. The summed E-state index contributed by atoms with van der Waals surface area (Å²) in [5.41, 5.74) is 0.597. The summed E-state index contributed by atoms with van der Waals surface area (Å²) in [6, 6.07) is 0. The van der Waals surface area contributed by atoms with Gasteiger partial charge in [0.25, 0.3) is 0 Å². The average molecular weight is 204 g/mol. The second-order valence-corrected chi connectivity index (χ2v) is 5.19. The van der Waals surface area contributed by atoms with Gasteiger partial charge in [-0.15, -0.1) is 0 Å². The molecule has 0 spiro atoms. The van der Waals surface area contributed by atoms with Crippen LogP contribution in [0.25, 0.3) is 0 Å². The van der Waals surface area contributed by atoms with Gasteiger partial charge in [0, 0.05) is 0 Å². The fourth-order valence-corrected chi connectivity index (χ4v) is 1.85. The van der Waals surface area contributed by atoms with Crippen molar-refractivity contribution in [1.82, 2.24) is 0 Å². The molecular formula is C9H20O3Si. The van der Waals surface area contributed by atoms with Crippen LogP contribution < -0.4 is 0 Å². The van der Waals surface area contributed by atoms with E-state index in [-0.39, 0.29) is 6.10 Å². The van der Waals surface area contributed by atoms with E-state index in [1.807, 2.05) is 13.8 Å². The summed E-state index contributed by atoms with van der Waals surface area (Å²) < 4.78 is 9.94. The van der Waals surface area contributed by atoms with E-state index >= 15 is 0 Å². The van der Waals surface area contributed by atoms with Gasteiger partial charge in [-0.2, -0.15) is 0 Å². The third-order valence-corrected chi connectivity index (χ3v) is 3.95. The highest BCUT2D eigenvalue weighted by molar-refractivity contribution is 6.32. The summed E-state index contributed by atoms with van der Waals surface area (Å²) in [5.74, 6) is 0. The lowest BCUT2D eigenvalue weighted by Crippen LogP contribution is -2.17. The van der Waals surface area contributed by atoms with Crippen molar-refractivity contribution in [3.05, 3.63) is 0 Å². The van der Waals surface area contributed by atoms with Crippen LogP contribution in [0.3, 0.4) is 0 Å². The molecule has 0 fully saturated rings. The Balaban J connectivity index is 3.56. The van der Waals surface area contributed by atoms with Crippen molar-refractivity contribution in [3.8, 4) is 0 Å². The minimum absolute atomic E-state index is 0.0804. The van der Waals surface area contributed by atoms with Crippen LogP contribution >= 0.6 is 0 Å². The largest absolute Gasteiger partial charge is 0.494 e. The van der Waals surface area contributed by atoms with Gasteiger partial charge in [-0.25, -0.2) is 4.79 Å². The maximum Gasteiger partial charge on any atom is 0.494 e. The first-order chi connectivity index (χ1) is 6.10. The maximum atomic E-state index is 11.0. The summed E-state index contributed by atoms with van der Waals surface area (Å²) in [6.45, 7) is 7.89. The fourth-order valence-electron chi connectivity index (χ4n) is 0.937. The second kappa shape index (κ2) is 6.94. The molecule has 0 unspecified atom stereocenters. The smallest absolute Gasteiger partial charge is 0.494 e. The molecule has 0 aliphatic carbocycles. The van der Waals surface area contributed by atoms with Crippen LogP contribution in [0.15, 0.2) is 0 Å². The van der Waals surface area contributed by atoms with Gasteiger partial charge in [0.2, 0.25) is 9.76 Å². The zero-order chi connectivity index (χ0) is 10.3. The van der Waals surface area contributed by atoms with Gasteiger partial charge >= 0.3 is 6.16 Å². The molecule has 0 N–H and O–H groups in total. The predicted octanol–water partition coefficient (Wildman–Crippen LogP) is 2.24. The molecule has 4 heteroatoms. The van der Waals surface area contributed by atoms with Crippen LogP contribution in [0, 0.1) is 0 Å². The molecule has 3 nitrogen and oxygen atoms in total. The minimum Gasteiger partial charge on any atom is -0.494 e. The number of ether oxygens (including phenoxy) is 1. The molecule has 0 amide bonds. The molecule has 0 atom stereocenters. The van der Waals surface area contributed by atoms with Gasteiger partial charge in [-0.1, -0.05) is 26.7 Å². The Bertz CT molecular complexity index is 144. The lowest BCUT2D eigenvalue weighted by atomic mass is 10.3. The van der Waals surface area contributed by atoms with Gasteiger partial charge in [0.15, 0.2) is 0 Å². The minimum atomic E-state index is -0.740. The monoisotopic (exact) mass is 204 g/mol. The van der Waals surface area contributed by atoms with Crippen molar-refractivity contribution in [2.45, 2.75) is 52.2 Å².